The average Bonchev–Trinajstić information content (AvgIpc) is 3.58. The van der Waals surface area contributed by atoms with Crippen LogP contribution in [0.3, 0.4) is 0 Å². The molecular weight excluding hydrogens is 440 g/mol. The van der Waals surface area contributed by atoms with E-state index in [1.54, 1.807) is 39.7 Å². The van der Waals surface area contributed by atoms with Crippen molar-refractivity contribution in [1.29, 1.82) is 0 Å². The van der Waals surface area contributed by atoms with Gasteiger partial charge in [0.1, 0.15) is 11.2 Å². The van der Waals surface area contributed by atoms with Gasteiger partial charge in [-0.25, -0.2) is 18.4 Å². The van der Waals surface area contributed by atoms with Gasteiger partial charge in [0.15, 0.2) is 0 Å². The van der Waals surface area contributed by atoms with Crippen molar-refractivity contribution in [2.45, 2.75) is 36.6 Å². The van der Waals surface area contributed by atoms with E-state index in [9.17, 15) is 13.2 Å². The number of hydrogen-bond acceptors (Lipinski definition) is 5. The first-order valence-corrected chi connectivity index (χ1v) is 12.7. The molecule has 0 aliphatic carbocycles. The van der Waals surface area contributed by atoms with Gasteiger partial charge in [-0.05, 0) is 49.6 Å². The number of aromatic nitrogens is 4. The molecule has 0 saturated carbocycles. The van der Waals surface area contributed by atoms with Gasteiger partial charge in [-0.15, -0.1) is 0 Å². The van der Waals surface area contributed by atoms with Crippen LogP contribution in [0.5, 0.6) is 0 Å². The van der Waals surface area contributed by atoms with Crippen LogP contribution >= 0.6 is 0 Å². The number of anilines is 1. The zero-order chi connectivity index (χ0) is 22.6. The third kappa shape index (κ3) is 3.32. The number of amides is 1. The molecule has 2 aliphatic rings. The van der Waals surface area contributed by atoms with Crippen molar-refractivity contribution in [2.24, 2.45) is 0 Å². The van der Waals surface area contributed by atoms with E-state index in [2.05, 4.69) is 19.5 Å². The molecule has 170 valence electrons. The molecule has 1 amide bonds. The predicted octanol–water partition coefficient (Wildman–Crippen LogP) is 3.07. The van der Waals surface area contributed by atoms with Crippen LogP contribution in [0.4, 0.5) is 5.69 Å². The van der Waals surface area contributed by atoms with E-state index >= 15 is 0 Å². The number of pyridine rings is 1. The SMILES string of the molecule is O=C1CCCN1c1ccc(S(=O)(=O)N2CCC(n3cnc4cnc5[nH]ccc5c43)CC2)cc1. The maximum Gasteiger partial charge on any atom is 0.243 e. The maximum absolute atomic E-state index is 13.2. The molecule has 10 heteroatoms. The molecule has 0 atom stereocenters. The molecule has 0 bridgehead atoms. The van der Waals surface area contributed by atoms with Crippen molar-refractivity contribution in [2.75, 3.05) is 24.5 Å². The average molecular weight is 465 g/mol. The molecule has 4 aromatic rings. The molecule has 5 heterocycles. The Morgan fingerprint density at radius 1 is 1.00 bits per heavy atom. The van der Waals surface area contributed by atoms with Crippen molar-refractivity contribution in [3.05, 3.63) is 49.1 Å². The molecular formula is C23H24N6O3S. The van der Waals surface area contributed by atoms with Crippen molar-refractivity contribution in [3.63, 3.8) is 0 Å². The molecule has 3 aromatic heterocycles. The fraction of sp³-hybridized carbons (Fsp3) is 0.348. The summed E-state index contributed by atoms with van der Waals surface area (Å²) in [6, 6.07) is 8.86. The number of piperidine rings is 1. The lowest BCUT2D eigenvalue weighted by Crippen LogP contribution is -2.39. The van der Waals surface area contributed by atoms with Crippen LogP contribution in [-0.2, 0) is 14.8 Å². The van der Waals surface area contributed by atoms with Crippen LogP contribution in [0.15, 0.2) is 53.9 Å². The van der Waals surface area contributed by atoms with E-state index < -0.39 is 10.0 Å². The third-order valence-electron chi connectivity index (χ3n) is 6.79. The first-order valence-electron chi connectivity index (χ1n) is 11.2. The second-order valence-electron chi connectivity index (χ2n) is 8.66. The Kier molecular flexibility index (Phi) is 4.73. The molecule has 1 aromatic carbocycles. The van der Waals surface area contributed by atoms with Gasteiger partial charge in [0.25, 0.3) is 0 Å². The van der Waals surface area contributed by atoms with Crippen LogP contribution in [0.1, 0.15) is 31.7 Å². The fourth-order valence-corrected chi connectivity index (χ4v) is 6.51. The second-order valence-corrected chi connectivity index (χ2v) is 10.6. The molecule has 0 spiro atoms. The van der Waals surface area contributed by atoms with Gasteiger partial charge in [-0.1, -0.05) is 0 Å². The van der Waals surface area contributed by atoms with Gasteiger partial charge < -0.3 is 14.5 Å². The Hall–Kier alpha value is -3.24. The smallest absolute Gasteiger partial charge is 0.243 e. The lowest BCUT2D eigenvalue weighted by atomic mass is 10.1. The third-order valence-corrected chi connectivity index (χ3v) is 8.71. The number of imidazole rings is 1. The number of nitrogens with zero attached hydrogens (tertiary/aromatic N) is 5. The molecule has 2 aliphatic heterocycles. The van der Waals surface area contributed by atoms with Crippen molar-refractivity contribution in [3.8, 4) is 0 Å². The summed E-state index contributed by atoms with van der Waals surface area (Å²) < 4.78 is 30.2. The van der Waals surface area contributed by atoms with Gasteiger partial charge in [-0.2, -0.15) is 4.31 Å². The minimum atomic E-state index is -3.59. The lowest BCUT2D eigenvalue weighted by molar-refractivity contribution is -0.117. The van der Waals surface area contributed by atoms with Crippen LogP contribution in [0.25, 0.3) is 22.1 Å². The van der Waals surface area contributed by atoms with Gasteiger partial charge in [0, 0.05) is 49.4 Å². The number of H-pyrrole nitrogens is 1. The van der Waals surface area contributed by atoms with Crippen molar-refractivity contribution < 1.29 is 13.2 Å². The van der Waals surface area contributed by atoms with Gasteiger partial charge in [0.2, 0.25) is 15.9 Å². The Labute approximate surface area is 191 Å². The zero-order valence-electron chi connectivity index (χ0n) is 18.0. The Morgan fingerprint density at radius 2 is 1.79 bits per heavy atom. The van der Waals surface area contributed by atoms with Crippen LogP contribution in [0.2, 0.25) is 0 Å². The summed E-state index contributed by atoms with van der Waals surface area (Å²) in [5.74, 6) is 0.0902. The molecule has 0 radical (unpaired) electrons. The molecule has 6 rings (SSSR count). The van der Waals surface area contributed by atoms with E-state index in [1.807, 2.05) is 18.6 Å². The van der Waals surface area contributed by atoms with Gasteiger partial charge in [0.05, 0.1) is 22.9 Å². The highest BCUT2D eigenvalue weighted by atomic mass is 32.2. The van der Waals surface area contributed by atoms with Gasteiger partial charge >= 0.3 is 0 Å². The normalized spacial score (nSPS) is 18.7. The van der Waals surface area contributed by atoms with Crippen LogP contribution in [0, 0.1) is 0 Å². The first kappa shape index (κ1) is 20.4. The molecule has 2 saturated heterocycles. The number of rotatable bonds is 4. The van der Waals surface area contributed by atoms with E-state index in [0.717, 1.165) is 34.2 Å². The molecule has 9 nitrogen and oxygen atoms in total. The largest absolute Gasteiger partial charge is 0.346 e. The summed E-state index contributed by atoms with van der Waals surface area (Å²) in [6.07, 6.45) is 8.28. The number of aromatic amines is 1. The standard InChI is InChI=1S/C23H24N6O3S/c30-21-2-1-11-28(21)16-3-5-18(6-4-16)33(31,32)27-12-8-17(9-13-27)29-15-26-20-14-25-23-19(22(20)29)7-10-24-23/h3-7,10,14-15,17H,1-2,8-9,11-13H2,(H,24,25). The highest BCUT2D eigenvalue weighted by Gasteiger charge is 2.31. The zero-order valence-corrected chi connectivity index (χ0v) is 18.8. The minimum Gasteiger partial charge on any atom is -0.346 e. The van der Waals surface area contributed by atoms with Gasteiger partial charge in [-0.3, -0.25) is 4.79 Å². The summed E-state index contributed by atoms with van der Waals surface area (Å²) in [4.78, 5) is 26.0. The fourth-order valence-electron chi connectivity index (χ4n) is 5.04. The maximum atomic E-state index is 13.2. The molecule has 2 fully saturated rings. The monoisotopic (exact) mass is 464 g/mol. The summed E-state index contributed by atoms with van der Waals surface area (Å²) in [6.45, 7) is 1.58. The number of hydrogen-bond donors (Lipinski definition) is 1. The topological polar surface area (TPSA) is 104 Å². The lowest BCUT2D eigenvalue weighted by Gasteiger charge is -2.32. The first-order chi connectivity index (χ1) is 16.0. The summed E-state index contributed by atoms with van der Waals surface area (Å²) in [5.41, 5.74) is 3.46. The number of fused-ring (bicyclic) bond motifs is 3. The van der Waals surface area contributed by atoms with Crippen molar-refractivity contribution >= 4 is 43.7 Å². The Morgan fingerprint density at radius 3 is 2.52 bits per heavy atom. The number of benzene rings is 1. The number of sulfonamides is 1. The Bertz CT molecular complexity index is 1450. The number of nitrogens with one attached hydrogen (secondary N) is 1. The van der Waals surface area contributed by atoms with Crippen molar-refractivity contribution in [1.82, 2.24) is 23.8 Å². The van der Waals surface area contributed by atoms with E-state index in [4.69, 9.17) is 0 Å². The van der Waals surface area contributed by atoms with Crippen LogP contribution in [-0.4, -0.2) is 57.8 Å². The molecule has 33 heavy (non-hydrogen) atoms. The number of carbonyl (C=O) groups excluding carboxylic acids is 1. The highest BCUT2D eigenvalue weighted by molar-refractivity contribution is 7.89. The predicted molar refractivity (Wildman–Crippen MR) is 124 cm³/mol. The van der Waals surface area contributed by atoms with Crippen LogP contribution < -0.4 is 4.90 Å². The second kappa shape index (κ2) is 7.67. The Balaban J connectivity index is 1.20. The van der Waals surface area contributed by atoms with E-state index in [1.165, 1.54) is 0 Å². The molecule has 0 unspecified atom stereocenters. The summed E-state index contributed by atoms with van der Waals surface area (Å²) in [5, 5.41) is 1.02. The highest BCUT2D eigenvalue weighted by Crippen LogP contribution is 2.32. The number of carbonyl (C=O) groups is 1. The summed E-state index contributed by atoms with van der Waals surface area (Å²) in [7, 11) is -3.59. The molecule has 1 N–H and O–H groups in total. The quantitative estimate of drug-likeness (QED) is 0.500. The minimum absolute atomic E-state index is 0.0902. The van der Waals surface area contributed by atoms with E-state index in [-0.39, 0.29) is 16.8 Å². The van der Waals surface area contributed by atoms with E-state index in [0.29, 0.717) is 38.9 Å². The summed E-state index contributed by atoms with van der Waals surface area (Å²) >= 11 is 0.